The number of carbonyl (C=O) groups is 1. The number of carbonyl (C=O) groups excluding carboxylic acids is 1. The highest BCUT2D eigenvalue weighted by Crippen LogP contribution is 2.15. The Morgan fingerprint density at radius 2 is 1.65 bits per heavy atom. The van der Waals surface area contributed by atoms with Crippen LogP contribution in [0.5, 0.6) is 0 Å². The maximum absolute atomic E-state index is 12.2. The van der Waals surface area contributed by atoms with Gasteiger partial charge in [0.25, 0.3) is 0 Å². The first-order valence-electron chi connectivity index (χ1n) is 7.71. The van der Waals surface area contributed by atoms with Crippen LogP contribution in [-0.4, -0.2) is 40.8 Å². The lowest BCUT2D eigenvalue weighted by molar-refractivity contribution is 0.0302. The summed E-state index contributed by atoms with van der Waals surface area (Å²) in [5.74, 6) is -0.0720. The van der Waals surface area contributed by atoms with Crippen LogP contribution in [0.3, 0.4) is 0 Å². The number of ketones is 1. The zero-order chi connectivity index (χ0) is 16.7. The summed E-state index contributed by atoms with van der Waals surface area (Å²) in [5, 5.41) is 23.2. The van der Waals surface area contributed by atoms with Gasteiger partial charge in [0.1, 0.15) is 0 Å². The first-order valence-corrected chi connectivity index (χ1v) is 7.71. The average Bonchev–Trinajstić information content (AvgIpc) is 2.61. The van der Waals surface area contributed by atoms with Gasteiger partial charge in [-0.15, -0.1) is 0 Å². The van der Waals surface area contributed by atoms with Crippen molar-refractivity contribution in [3.8, 4) is 0 Å². The zero-order valence-electron chi connectivity index (χ0n) is 13.3. The molecule has 2 atom stereocenters. The van der Waals surface area contributed by atoms with Gasteiger partial charge in [0.05, 0.1) is 24.8 Å². The third-order valence-corrected chi connectivity index (χ3v) is 4.08. The minimum Gasteiger partial charge on any atom is -0.394 e. The Hall–Kier alpha value is -2.01. The normalized spacial score (nSPS) is 14.9. The summed E-state index contributed by atoms with van der Waals surface area (Å²) >= 11 is 0. The van der Waals surface area contributed by atoms with Gasteiger partial charge >= 0.3 is 0 Å². The van der Waals surface area contributed by atoms with Crippen LogP contribution in [0.15, 0.2) is 60.7 Å². The van der Waals surface area contributed by atoms with Gasteiger partial charge < -0.3 is 10.2 Å². The summed E-state index contributed by atoms with van der Waals surface area (Å²) in [6.07, 6.45) is -0.400. The van der Waals surface area contributed by atoms with Crippen molar-refractivity contribution in [2.75, 3.05) is 13.2 Å². The number of aliphatic hydroxyl groups is 2. The highest BCUT2D eigenvalue weighted by atomic mass is 16.3. The van der Waals surface area contributed by atoms with E-state index in [9.17, 15) is 15.0 Å². The minimum absolute atomic E-state index is 0.0624. The van der Waals surface area contributed by atoms with E-state index in [1.165, 1.54) is 0 Å². The van der Waals surface area contributed by atoms with Crippen LogP contribution in [0.4, 0.5) is 0 Å². The maximum atomic E-state index is 12.2. The Morgan fingerprint density at radius 1 is 1.09 bits per heavy atom. The van der Waals surface area contributed by atoms with E-state index in [-0.39, 0.29) is 18.9 Å². The molecule has 0 aliphatic heterocycles. The molecule has 23 heavy (non-hydrogen) atoms. The van der Waals surface area contributed by atoms with Crippen molar-refractivity contribution in [1.82, 2.24) is 5.32 Å². The Labute approximate surface area is 136 Å². The van der Waals surface area contributed by atoms with Gasteiger partial charge in [-0.25, -0.2) is 0 Å². The summed E-state index contributed by atoms with van der Waals surface area (Å²) in [6.45, 7) is 1.52. The van der Waals surface area contributed by atoms with Crippen LogP contribution in [0.25, 0.3) is 0 Å². The fraction of sp³-hybridized carbons (Fsp3) is 0.316. The maximum Gasteiger partial charge on any atom is 0.176 e. The van der Waals surface area contributed by atoms with Gasteiger partial charge in [-0.3, -0.25) is 10.1 Å². The van der Waals surface area contributed by atoms with E-state index in [2.05, 4.69) is 5.32 Å². The summed E-state index contributed by atoms with van der Waals surface area (Å²) in [5.41, 5.74) is 0.647. The Balaban J connectivity index is 1.98. The van der Waals surface area contributed by atoms with Crippen LogP contribution in [0.2, 0.25) is 0 Å². The molecule has 0 aliphatic rings. The van der Waals surface area contributed by atoms with E-state index < -0.39 is 11.6 Å². The molecule has 0 aliphatic carbocycles. The number of aliphatic hydroxyl groups excluding tert-OH is 2. The molecule has 2 aromatic rings. The minimum atomic E-state index is -0.944. The number of rotatable bonds is 8. The molecule has 0 saturated carbocycles. The van der Waals surface area contributed by atoms with E-state index in [1.54, 1.807) is 19.1 Å². The summed E-state index contributed by atoms with van der Waals surface area (Å²) in [4.78, 5) is 12.2. The molecule has 2 aromatic carbocycles. The predicted octanol–water partition coefficient (Wildman–Crippen LogP) is 1.81. The van der Waals surface area contributed by atoms with Gasteiger partial charge in [0.2, 0.25) is 0 Å². The van der Waals surface area contributed by atoms with Crippen LogP contribution < -0.4 is 5.32 Å². The lowest BCUT2D eigenvalue weighted by Crippen LogP contribution is -2.57. The van der Waals surface area contributed by atoms with Crippen LogP contribution in [0.1, 0.15) is 22.8 Å². The molecule has 0 aromatic heterocycles. The van der Waals surface area contributed by atoms with Crippen LogP contribution >= 0.6 is 0 Å². The van der Waals surface area contributed by atoms with Gasteiger partial charge in [-0.2, -0.15) is 0 Å². The van der Waals surface area contributed by atoms with Crippen molar-refractivity contribution in [3.05, 3.63) is 71.8 Å². The lowest BCUT2D eigenvalue weighted by Gasteiger charge is -2.34. The molecule has 0 fully saturated rings. The summed E-state index contributed by atoms with van der Waals surface area (Å²) in [6, 6.07) is 18.6. The van der Waals surface area contributed by atoms with E-state index >= 15 is 0 Å². The molecular formula is C19H23NO3. The van der Waals surface area contributed by atoms with E-state index in [4.69, 9.17) is 0 Å². The molecular weight excluding hydrogens is 290 g/mol. The predicted molar refractivity (Wildman–Crippen MR) is 90.4 cm³/mol. The third-order valence-electron chi connectivity index (χ3n) is 4.08. The van der Waals surface area contributed by atoms with Crippen molar-refractivity contribution in [3.63, 3.8) is 0 Å². The third kappa shape index (κ3) is 4.73. The highest BCUT2D eigenvalue weighted by Gasteiger charge is 2.32. The molecule has 122 valence electrons. The largest absolute Gasteiger partial charge is 0.394 e. The average molecular weight is 313 g/mol. The van der Waals surface area contributed by atoms with Crippen LogP contribution in [-0.2, 0) is 6.42 Å². The van der Waals surface area contributed by atoms with Crippen molar-refractivity contribution >= 4 is 5.78 Å². The second-order valence-electron chi connectivity index (χ2n) is 5.92. The fourth-order valence-corrected chi connectivity index (χ4v) is 2.35. The molecule has 2 unspecified atom stereocenters. The Morgan fingerprint density at radius 3 is 2.22 bits per heavy atom. The molecule has 4 nitrogen and oxygen atoms in total. The Kier molecular flexibility index (Phi) is 6.04. The molecule has 2 rings (SSSR count). The highest BCUT2D eigenvalue weighted by molar-refractivity contribution is 5.97. The second-order valence-corrected chi connectivity index (χ2v) is 5.92. The quantitative estimate of drug-likeness (QED) is 0.650. The van der Waals surface area contributed by atoms with Crippen molar-refractivity contribution in [1.29, 1.82) is 0 Å². The van der Waals surface area contributed by atoms with Gasteiger partial charge in [-0.1, -0.05) is 60.7 Å². The van der Waals surface area contributed by atoms with Crippen molar-refractivity contribution in [2.24, 2.45) is 0 Å². The molecule has 0 bridgehead atoms. The van der Waals surface area contributed by atoms with Crippen LogP contribution in [0, 0.1) is 0 Å². The Bertz CT molecular complexity index is 615. The van der Waals surface area contributed by atoms with Gasteiger partial charge in [0, 0.05) is 12.0 Å². The van der Waals surface area contributed by atoms with Crippen molar-refractivity contribution in [2.45, 2.75) is 25.0 Å². The van der Waals surface area contributed by atoms with E-state index in [0.29, 0.717) is 12.0 Å². The number of hydrogen-bond donors (Lipinski definition) is 3. The zero-order valence-corrected chi connectivity index (χ0v) is 13.3. The smallest absolute Gasteiger partial charge is 0.176 e. The molecule has 3 N–H and O–H groups in total. The SMILES string of the molecule is CC(CO)(NCC(=O)c1ccccc1)C(O)Cc1ccccc1. The van der Waals surface area contributed by atoms with Gasteiger partial charge in [0.15, 0.2) is 5.78 Å². The van der Waals surface area contributed by atoms with Crippen molar-refractivity contribution < 1.29 is 15.0 Å². The molecule has 0 saturated heterocycles. The number of hydrogen-bond acceptors (Lipinski definition) is 4. The number of nitrogens with one attached hydrogen (secondary N) is 1. The standard InChI is InChI=1S/C19H23NO3/c1-19(14-21,18(23)12-15-8-4-2-5-9-15)20-13-17(22)16-10-6-3-7-11-16/h2-11,18,20-21,23H,12-14H2,1H3. The molecule has 0 heterocycles. The molecule has 0 amide bonds. The van der Waals surface area contributed by atoms with E-state index in [0.717, 1.165) is 5.56 Å². The van der Waals surface area contributed by atoms with E-state index in [1.807, 2.05) is 48.5 Å². The topological polar surface area (TPSA) is 69.6 Å². The molecule has 4 heteroatoms. The number of Topliss-reactive ketones (excluding diaryl/α,β-unsaturated/α-hetero) is 1. The van der Waals surface area contributed by atoms with Gasteiger partial charge in [-0.05, 0) is 12.5 Å². The summed E-state index contributed by atoms with van der Waals surface area (Å²) in [7, 11) is 0. The first kappa shape index (κ1) is 17.3. The second kappa shape index (κ2) is 8.02. The summed E-state index contributed by atoms with van der Waals surface area (Å²) < 4.78 is 0. The first-order chi connectivity index (χ1) is 11.0. The number of benzene rings is 2. The fourth-order valence-electron chi connectivity index (χ4n) is 2.35. The molecule has 0 spiro atoms. The lowest BCUT2D eigenvalue weighted by atomic mass is 9.90. The monoisotopic (exact) mass is 313 g/mol. The molecule has 0 radical (unpaired) electrons.